The smallest absolute Gasteiger partial charge is 0.0266 e. The number of hydrogen-bond acceptors (Lipinski definition) is 0. The lowest BCUT2D eigenvalue weighted by molar-refractivity contribution is 0.256. The van der Waals surface area contributed by atoms with Crippen molar-refractivity contribution in [1.29, 1.82) is 0 Å². The average Bonchev–Trinajstić information content (AvgIpc) is 2.36. The van der Waals surface area contributed by atoms with E-state index in [0.29, 0.717) is 0 Å². The zero-order valence-corrected chi connectivity index (χ0v) is 5.61. The van der Waals surface area contributed by atoms with Crippen LogP contribution in [0.5, 0.6) is 0 Å². The third-order valence-electron chi connectivity index (χ3n) is 3.20. The van der Waals surface area contributed by atoms with Crippen molar-refractivity contribution in [3.63, 3.8) is 0 Å². The molecular weight excluding hydrogens is 96.1 g/mol. The standard InChI is InChI=1S/C8H14/c1-2-7-6-8(7)4-3-5-8/h7H,2-6H2,1H3. The fraction of sp³-hybridized carbons (Fsp3) is 1.00. The highest BCUT2D eigenvalue weighted by molar-refractivity contribution is 5.06. The van der Waals surface area contributed by atoms with Gasteiger partial charge in [-0.3, -0.25) is 0 Å². The summed E-state index contributed by atoms with van der Waals surface area (Å²) in [6, 6.07) is 0. The molecule has 0 radical (unpaired) electrons. The van der Waals surface area contributed by atoms with Gasteiger partial charge in [0.05, 0.1) is 0 Å². The van der Waals surface area contributed by atoms with E-state index in [0.717, 1.165) is 11.3 Å². The van der Waals surface area contributed by atoms with Crippen molar-refractivity contribution in [2.75, 3.05) is 0 Å². The molecule has 0 nitrogen and oxygen atoms in total. The van der Waals surface area contributed by atoms with Gasteiger partial charge in [0.25, 0.3) is 0 Å². The molecule has 0 aromatic heterocycles. The van der Waals surface area contributed by atoms with Crippen molar-refractivity contribution >= 4 is 0 Å². The van der Waals surface area contributed by atoms with Crippen LogP contribution >= 0.6 is 0 Å². The lowest BCUT2D eigenvalue weighted by atomic mass is 9.79. The van der Waals surface area contributed by atoms with E-state index in [2.05, 4.69) is 6.92 Å². The largest absolute Gasteiger partial charge is 0.0651 e. The van der Waals surface area contributed by atoms with Crippen LogP contribution in [0.3, 0.4) is 0 Å². The van der Waals surface area contributed by atoms with Gasteiger partial charge in [0.15, 0.2) is 0 Å². The molecule has 2 fully saturated rings. The first-order chi connectivity index (χ1) is 3.87. The molecule has 0 N–H and O–H groups in total. The monoisotopic (exact) mass is 110 g/mol. The SMILES string of the molecule is CCC1CC12CCC2. The van der Waals surface area contributed by atoms with Gasteiger partial charge in [-0.05, 0) is 30.6 Å². The second kappa shape index (κ2) is 1.29. The minimum absolute atomic E-state index is 0.939. The summed E-state index contributed by atoms with van der Waals surface area (Å²) in [7, 11) is 0. The van der Waals surface area contributed by atoms with Crippen LogP contribution in [0.25, 0.3) is 0 Å². The first-order valence-electron chi connectivity index (χ1n) is 3.87. The van der Waals surface area contributed by atoms with Crippen molar-refractivity contribution in [2.24, 2.45) is 11.3 Å². The van der Waals surface area contributed by atoms with E-state index in [-0.39, 0.29) is 0 Å². The maximum absolute atomic E-state index is 2.33. The van der Waals surface area contributed by atoms with Crippen molar-refractivity contribution in [1.82, 2.24) is 0 Å². The average molecular weight is 110 g/mol. The maximum Gasteiger partial charge on any atom is -0.0266 e. The fourth-order valence-electron chi connectivity index (χ4n) is 2.25. The highest BCUT2D eigenvalue weighted by atomic mass is 14.6. The Bertz CT molecular complexity index is 101. The molecule has 2 aliphatic carbocycles. The summed E-state index contributed by atoms with van der Waals surface area (Å²) < 4.78 is 0. The Morgan fingerprint density at radius 1 is 1.50 bits per heavy atom. The molecule has 2 aliphatic rings. The van der Waals surface area contributed by atoms with Gasteiger partial charge in [0, 0.05) is 0 Å². The fourth-order valence-corrected chi connectivity index (χ4v) is 2.25. The zero-order chi connectivity index (χ0) is 5.61. The third kappa shape index (κ3) is 0.416. The molecule has 0 bridgehead atoms. The van der Waals surface area contributed by atoms with Crippen LogP contribution in [0.1, 0.15) is 39.0 Å². The van der Waals surface area contributed by atoms with Gasteiger partial charge in [-0.25, -0.2) is 0 Å². The van der Waals surface area contributed by atoms with E-state index in [9.17, 15) is 0 Å². The Morgan fingerprint density at radius 3 is 2.38 bits per heavy atom. The molecule has 0 aromatic rings. The summed E-state index contributed by atoms with van der Waals surface area (Å²) in [5.74, 6) is 1.15. The lowest BCUT2D eigenvalue weighted by Gasteiger charge is -2.26. The molecule has 0 amide bonds. The minimum atomic E-state index is 0.939. The topological polar surface area (TPSA) is 0 Å². The van der Waals surface area contributed by atoms with E-state index in [1.54, 1.807) is 19.3 Å². The van der Waals surface area contributed by atoms with Gasteiger partial charge in [0.2, 0.25) is 0 Å². The van der Waals surface area contributed by atoms with Crippen molar-refractivity contribution < 1.29 is 0 Å². The molecule has 0 saturated heterocycles. The number of rotatable bonds is 1. The molecular formula is C8H14. The Balaban J connectivity index is 1.93. The summed E-state index contributed by atoms with van der Waals surface area (Å²) in [6.45, 7) is 2.33. The molecule has 46 valence electrons. The van der Waals surface area contributed by atoms with Crippen molar-refractivity contribution in [2.45, 2.75) is 39.0 Å². The van der Waals surface area contributed by atoms with Crippen LogP contribution in [-0.2, 0) is 0 Å². The molecule has 0 aromatic carbocycles. The predicted octanol–water partition coefficient (Wildman–Crippen LogP) is 2.59. The van der Waals surface area contributed by atoms with Crippen LogP contribution in [0.4, 0.5) is 0 Å². The summed E-state index contributed by atoms with van der Waals surface area (Å²) >= 11 is 0. The maximum atomic E-state index is 2.33. The summed E-state index contributed by atoms with van der Waals surface area (Å²) in [5, 5.41) is 0. The Kier molecular flexibility index (Phi) is 0.778. The Labute approximate surface area is 51.3 Å². The van der Waals surface area contributed by atoms with Gasteiger partial charge >= 0.3 is 0 Å². The molecule has 1 spiro atoms. The molecule has 0 heterocycles. The molecule has 8 heavy (non-hydrogen) atoms. The molecule has 0 heteroatoms. The minimum Gasteiger partial charge on any atom is -0.0651 e. The van der Waals surface area contributed by atoms with E-state index >= 15 is 0 Å². The van der Waals surface area contributed by atoms with Crippen LogP contribution < -0.4 is 0 Å². The quantitative estimate of drug-likeness (QED) is 0.486. The van der Waals surface area contributed by atoms with Crippen LogP contribution in [0, 0.1) is 11.3 Å². The van der Waals surface area contributed by atoms with Crippen LogP contribution in [-0.4, -0.2) is 0 Å². The summed E-state index contributed by atoms with van der Waals surface area (Å²) in [6.07, 6.45) is 7.66. The molecule has 2 saturated carbocycles. The zero-order valence-electron chi connectivity index (χ0n) is 5.61. The molecule has 1 unspecified atom stereocenters. The van der Waals surface area contributed by atoms with E-state index in [4.69, 9.17) is 0 Å². The first-order valence-corrected chi connectivity index (χ1v) is 3.87. The highest BCUT2D eigenvalue weighted by Gasteiger charge is 2.55. The molecule has 0 aliphatic heterocycles. The van der Waals surface area contributed by atoms with Crippen LogP contribution in [0.2, 0.25) is 0 Å². The third-order valence-corrected chi connectivity index (χ3v) is 3.20. The van der Waals surface area contributed by atoms with Gasteiger partial charge in [-0.2, -0.15) is 0 Å². The highest BCUT2D eigenvalue weighted by Crippen LogP contribution is 2.66. The Morgan fingerprint density at radius 2 is 2.25 bits per heavy atom. The Hall–Kier alpha value is 0. The van der Waals surface area contributed by atoms with Gasteiger partial charge in [-0.1, -0.05) is 19.8 Å². The molecule has 2 rings (SSSR count). The van der Waals surface area contributed by atoms with Gasteiger partial charge < -0.3 is 0 Å². The molecule has 1 atom stereocenters. The van der Waals surface area contributed by atoms with Gasteiger partial charge in [0.1, 0.15) is 0 Å². The first kappa shape index (κ1) is 4.84. The second-order valence-corrected chi connectivity index (χ2v) is 3.53. The van der Waals surface area contributed by atoms with Crippen molar-refractivity contribution in [3.8, 4) is 0 Å². The van der Waals surface area contributed by atoms with E-state index < -0.39 is 0 Å². The van der Waals surface area contributed by atoms with Crippen LogP contribution in [0.15, 0.2) is 0 Å². The van der Waals surface area contributed by atoms with Crippen molar-refractivity contribution in [3.05, 3.63) is 0 Å². The normalized spacial score (nSPS) is 39.4. The lowest BCUT2D eigenvalue weighted by Crippen LogP contribution is -2.14. The number of hydrogen-bond donors (Lipinski definition) is 0. The summed E-state index contributed by atoms with van der Waals surface area (Å²) in [5.41, 5.74) is 0.939. The summed E-state index contributed by atoms with van der Waals surface area (Å²) in [4.78, 5) is 0. The van der Waals surface area contributed by atoms with Gasteiger partial charge in [-0.15, -0.1) is 0 Å². The van der Waals surface area contributed by atoms with E-state index in [1.807, 2.05) is 0 Å². The van der Waals surface area contributed by atoms with E-state index in [1.165, 1.54) is 12.8 Å². The second-order valence-electron chi connectivity index (χ2n) is 3.53. The predicted molar refractivity (Wildman–Crippen MR) is 34.7 cm³/mol.